The maximum atomic E-state index is 14.4. The molecule has 1 aliphatic carbocycles. The summed E-state index contributed by atoms with van der Waals surface area (Å²) in [6, 6.07) is 3.57. The first-order valence-corrected chi connectivity index (χ1v) is 13.7. The predicted molar refractivity (Wildman–Crippen MR) is 143 cm³/mol. The number of anilines is 1. The van der Waals surface area contributed by atoms with Gasteiger partial charge < -0.3 is 25.7 Å². The van der Waals surface area contributed by atoms with Crippen molar-refractivity contribution in [2.75, 3.05) is 31.1 Å². The molecule has 3 amide bonds. The van der Waals surface area contributed by atoms with Crippen LogP contribution in [0.4, 0.5) is 19.7 Å². The molecule has 4 rings (SSSR count). The molecule has 2 heterocycles. The number of nitrogens with zero attached hydrogens (tertiary/aromatic N) is 2. The summed E-state index contributed by atoms with van der Waals surface area (Å²) < 4.78 is 19.5. The van der Waals surface area contributed by atoms with E-state index < -0.39 is 12.1 Å². The number of fused-ring (bicyclic) bond motifs is 2. The molecule has 0 radical (unpaired) electrons. The highest BCUT2D eigenvalue weighted by Gasteiger charge is 2.47. The molecule has 0 aromatic heterocycles. The topological polar surface area (TPSA) is 115 Å². The van der Waals surface area contributed by atoms with Gasteiger partial charge >= 0.3 is 12.1 Å². The van der Waals surface area contributed by atoms with Crippen LogP contribution >= 0.6 is 0 Å². The lowest BCUT2D eigenvalue weighted by atomic mass is 9.74. The molecule has 1 spiro atoms. The van der Waals surface area contributed by atoms with E-state index in [1.54, 1.807) is 24.0 Å². The molecule has 2 fully saturated rings. The Morgan fingerprint density at radius 1 is 1.18 bits per heavy atom. The van der Waals surface area contributed by atoms with Gasteiger partial charge in [-0.05, 0) is 89.7 Å². The van der Waals surface area contributed by atoms with Gasteiger partial charge in [0.25, 0.3) is 0 Å². The van der Waals surface area contributed by atoms with Crippen molar-refractivity contribution in [2.24, 2.45) is 0 Å². The van der Waals surface area contributed by atoms with Gasteiger partial charge in [-0.1, -0.05) is 12.8 Å². The number of Topliss-reactive ketones (excluding diaryl/α,β-unsaturated/α-hetero) is 1. The third-order valence-electron chi connectivity index (χ3n) is 8.40. The van der Waals surface area contributed by atoms with Gasteiger partial charge in [-0.25, -0.2) is 14.0 Å². The van der Waals surface area contributed by atoms with Crippen LogP contribution in [0, 0.1) is 11.2 Å². The summed E-state index contributed by atoms with van der Waals surface area (Å²) in [4.78, 5) is 41.4. The Kier molecular flexibility index (Phi) is 8.70. The lowest BCUT2D eigenvalue weighted by molar-refractivity contribution is -0.117. The monoisotopic (exact) mass is 529 g/mol. The van der Waals surface area contributed by atoms with Crippen LogP contribution in [0.25, 0.3) is 0 Å². The number of likely N-dealkylation sites (tertiary alicyclic amines) is 1. The van der Waals surface area contributed by atoms with Gasteiger partial charge in [0, 0.05) is 35.4 Å². The molecule has 3 aliphatic rings. The fourth-order valence-corrected chi connectivity index (χ4v) is 6.42. The standard InChI is InChI=1S/C28H40FN5O4/c1-4-38-27(37)31-21-7-5-6-8-22(16-21)33-13-11-28(12-14-33)17-34(24-10-9-20(29)15-23(24)28)26(36)32-25(18(2)30)19(3)35/h9-10,15,21-22,25,30H,4-8,11-14,16-17H2,1-3H3,(H,31,37)(H,32,36). The average Bonchev–Trinajstić information content (AvgIpc) is 3.00. The van der Waals surface area contributed by atoms with Crippen molar-refractivity contribution in [1.29, 1.82) is 5.41 Å². The van der Waals surface area contributed by atoms with Crippen LogP contribution in [0.2, 0.25) is 0 Å². The second kappa shape index (κ2) is 11.8. The Morgan fingerprint density at radius 3 is 2.55 bits per heavy atom. The van der Waals surface area contributed by atoms with E-state index in [0.29, 0.717) is 24.9 Å². The summed E-state index contributed by atoms with van der Waals surface area (Å²) in [5.74, 6) is -0.632. The summed E-state index contributed by atoms with van der Waals surface area (Å²) in [5.41, 5.74) is 1.20. The van der Waals surface area contributed by atoms with E-state index in [1.807, 2.05) is 0 Å². The molecule has 1 aromatic carbocycles. The van der Waals surface area contributed by atoms with Crippen molar-refractivity contribution in [3.8, 4) is 0 Å². The molecule has 9 nitrogen and oxygen atoms in total. The van der Waals surface area contributed by atoms with E-state index >= 15 is 0 Å². The highest BCUT2D eigenvalue weighted by Crippen LogP contribution is 2.48. The van der Waals surface area contributed by atoms with Crippen LogP contribution in [-0.2, 0) is 14.9 Å². The number of rotatable bonds is 6. The Bertz CT molecular complexity index is 1060. The number of halogens is 1. The van der Waals surface area contributed by atoms with Gasteiger partial charge in [0.15, 0.2) is 5.78 Å². The number of amides is 3. The number of urea groups is 1. The van der Waals surface area contributed by atoms with Crippen molar-refractivity contribution >= 4 is 29.3 Å². The molecule has 1 saturated heterocycles. The summed E-state index contributed by atoms with van der Waals surface area (Å²) in [5, 5.41) is 13.6. The lowest BCUT2D eigenvalue weighted by Gasteiger charge is -2.43. The van der Waals surface area contributed by atoms with Crippen molar-refractivity contribution in [2.45, 2.75) is 89.3 Å². The van der Waals surface area contributed by atoms with Crippen LogP contribution in [0.3, 0.4) is 0 Å². The number of carbonyl (C=O) groups excluding carboxylic acids is 3. The highest BCUT2D eigenvalue weighted by molar-refractivity contribution is 6.09. The normalized spacial score (nSPS) is 23.7. The molecule has 208 valence electrons. The maximum Gasteiger partial charge on any atom is 0.407 e. The van der Waals surface area contributed by atoms with E-state index in [0.717, 1.165) is 63.6 Å². The van der Waals surface area contributed by atoms with Crippen LogP contribution < -0.4 is 15.5 Å². The van der Waals surface area contributed by atoms with E-state index in [1.165, 1.54) is 19.9 Å². The first kappa shape index (κ1) is 28.0. The van der Waals surface area contributed by atoms with Gasteiger partial charge in [0.05, 0.1) is 6.61 Å². The van der Waals surface area contributed by atoms with E-state index in [-0.39, 0.29) is 34.9 Å². The molecule has 3 unspecified atom stereocenters. The summed E-state index contributed by atoms with van der Waals surface area (Å²) in [6.45, 7) is 7.04. The number of piperidine rings is 1. The average molecular weight is 530 g/mol. The summed E-state index contributed by atoms with van der Waals surface area (Å²) in [6.07, 6.45) is 6.27. The van der Waals surface area contributed by atoms with E-state index in [4.69, 9.17) is 10.1 Å². The molecule has 3 atom stereocenters. The molecular weight excluding hydrogens is 489 g/mol. The zero-order chi connectivity index (χ0) is 27.4. The Labute approximate surface area is 224 Å². The number of ether oxygens (including phenoxy) is 1. The molecule has 1 aromatic rings. The van der Waals surface area contributed by atoms with Crippen molar-refractivity contribution in [3.63, 3.8) is 0 Å². The number of benzene rings is 1. The summed E-state index contributed by atoms with van der Waals surface area (Å²) in [7, 11) is 0. The molecule has 10 heteroatoms. The van der Waals surface area contributed by atoms with Crippen molar-refractivity contribution in [3.05, 3.63) is 29.6 Å². The second-order valence-corrected chi connectivity index (χ2v) is 11.0. The Hall–Kier alpha value is -3.01. The van der Waals surface area contributed by atoms with E-state index in [9.17, 15) is 18.8 Å². The third-order valence-corrected chi connectivity index (χ3v) is 8.40. The minimum absolute atomic E-state index is 0.0755. The van der Waals surface area contributed by atoms with Gasteiger partial charge in [0.2, 0.25) is 0 Å². The van der Waals surface area contributed by atoms with Crippen molar-refractivity contribution in [1.82, 2.24) is 15.5 Å². The Balaban J connectivity index is 1.47. The lowest BCUT2D eigenvalue weighted by Crippen LogP contribution is -2.53. The molecule has 1 saturated carbocycles. The number of hydrogen-bond donors (Lipinski definition) is 3. The number of nitrogens with one attached hydrogen (secondary N) is 3. The highest BCUT2D eigenvalue weighted by atomic mass is 19.1. The molecule has 2 aliphatic heterocycles. The fourth-order valence-electron chi connectivity index (χ4n) is 6.42. The molecule has 38 heavy (non-hydrogen) atoms. The van der Waals surface area contributed by atoms with E-state index in [2.05, 4.69) is 15.5 Å². The minimum atomic E-state index is -0.976. The van der Waals surface area contributed by atoms with Crippen LogP contribution in [-0.4, -0.2) is 72.9 Å². The number of hydrogen-bond acceptors (Lipinski definition) is 6. The quantitative estimate of drug-likeness (QED) is 0.379. The van der Waals surface area contributed by atoms with Gasteiger partial charge in [0.1, 0.15) is 11.9 Å². The van der Waals surface area contributed by atoms with Gasteiger partial charge in [-0.3, -0.25) is 9.69 Å². The molecule has 3 N–H and O–H groups in total. The number of alkyl carbamates (subject to hydrolysis) is 1. The Morgan fingerprint density at radius 2 is 1.89 bits per heavy atom. The largest absolute Gasteiger partial charge is 0.450 e. The van der Waals surface area contributed by atoms with Gasteiger partial charge in [-0.15, -0.1) is 0 Å². The minimum Gasteiger partial charge on any atom is -0.450 e. The van der Waals surface area contributed by atoms with Crippen molar-refractivity contribution < 1.29 is 23.5 Å². The molecular formula is C28H40FN5O4. The third kappa shape index (κ3) is 6.00. The number of ketones is 1. The second-order valence-electron chi connectivity index (χ2n) is 11.0. The smallest absolute Gasteiger partial charge is 0.407 e. The zero-order valence-corrected chi connectivity index (χ0v) is 22.6. The SMILES string of the molecule is CCOC(=O)NC1CCCCC(N2CCC3(CC2)CN(C(=O)NC(C(C)=N)C(C)=O)c2ccc(F)cc23)C1. The summed E-state index contributed by atoms with van der Waals surface area (Å²) >= 11 is 0. The van der Waals surface area contributed by atoms with Gasteiger partial charge in [-0.2, -0.15) is 0 Å². The number of carbonyl (C=O) groups is 3. The van der Waals surface area contributed by atoms with Crippen LogP contribution in [0.15, 0.2) is 18.2 Å². The first-order valence-electron chi connectivity index (χ1n) is 13.7. The molecule has 0 bridgehead atoms. The first-order chi connectivity index (χ1) is 18.1. The zero-order valence-electron chi connectivity index (χ0n) is 22.6. The van der Waals surface area contributed by atoms with Crippen LogP contribution in [0.1, 0.15) is 71.3 Å². The van der Waals surface area contributed by atoms with Crippen LogP contribution in [0.5, 0.6) is 0 Å². The maximum absolute atomic E-state index is 14.4. The predicted octanol–water partition coefficient (Wildman–Crippen LogP) is 4.13. The fraction of sp³-hybridized carbons (Fsp3) is 0.643.